The fourth-order valence-corrected chi connectivity index (χ4v) is 1.92. The Morgan fingerprint density at radius 3 is 2.56 bits per heavy atom. The molecule has 0 bridgehead atoms. The van der Waals surface area contributed by atoms with E-state index in [1.54, 1.807) is 4.90 Å². The van der Waals surface area contributed by atoms with Crippen LogP contribution in [0, 0.1) is 0 Å². The first-order chi connectivity index (χ1) is 7.69. The summed E-state index contributed by atoms with van der Waals surface area (Å²) in [7, 11) is 1.87. The quantitative estimate of drug-likeness (QED) is 0.663. The van der Waals surface area contributed by atoms with Gasteiger partial charge in [0.1, 0.15) is 0 Å². The van der Waals surface area contributed by atoms with Crippen molar-refractivity contribution in [2.75, 3.05) is 33.2 Å². The van der Waals surface area contributed by atoms with Crippen LogP contribution in [-0.2, 0) is 4.79 Å². The molecule has 0 aromatic rings. The molecule has 1 saturated carbocycles. The maximum absolute atomic E-state index is 11.8. The first-order valence-corrected chi connectivity index (χ1v) is 6.37. The van der Waals surface area contributed by atoms with Crippen molar-refractivity contribution >= 4 is 5.91 Å². The summed E-state index contributed by atoms with van der Waals surface area (Å²) >= 11 is 0. The van der Waals surface area contributed by atoms with Crippen LogP contribution in [0.2, 0.25) is 0 Å². The van der Waals surface area contributed by atoms with E-state index in [1.807, 2.05) is 7.05 Å². The van der Waals surface area contributed by atoms with Crippen LogP contribution in [0.1, 0.15) is 32.6 Å². The van der Waals surface area contributed by atoms with Crippen molar-refractivity contribution in [1.29, 1.82) is 0 Å². The highest BCUT2D eigenvalue weighted by Gasteiger charge is 2.27. The van der Waals surface area contributed by atoms with Crippen molar-refractivity contribution in [3.05, 3.63) is 0 Å². The summed E-state index contributed by atoms with van der Waals surface area (Å²) < 4.78 is 0. The van der Waals surface area contributed by atoms with Gasteiger partial charge in [-0.2, -0.15) is 0 Å². The van der Waals surface area contributed by atoms with Crippen LogP contribution in [0.5, 0.6) is 0 Å². The topological polar surface area (TPSA) is 49.6 Å². The van der Waals surface area contributed by atoms with Gasteiger partial charge in [-0.25, -0.2) is 0 Å². The molecular formula is C12H25N3O. The summed E-state index contributed by atoms with van der Waals surface area (Å²) in [6.07, 6.45) is 4.16. The van der Waals surface area contributed by atoms with Crippen LogP contribution in [0.3, 0.4) is 0 Å². The Hall–Kier alpha value is -0.610. The Kier molecular flexibility index (Phi) is 5.77. The molecule has 0 saturated heterocycles. The largest absolute Gasteiger partial charge is 0.346 e. The highest BCUT2D eigenvalue weighted by molar-refractivity contribution is 5.76. The first kappa shape index (κ1) is 13.5. The third-order valence-corrected chi connectivity index (χ3v) is 3.21. The predicted molar refractivity (Wildman–Crippen MR) is 66.2 cm³/mol. The lowest BCUT2D eigenvalue weighted by Crippen LogP contribution is -2.34. The van der Waals surface area contributed by atoms with Crippen molar-refractivity contribution < 1.29 is 4.79 Å². The number of nitrogens with zero attached hydrogens (tertiary/aromatic N) is 2. The lowest BCUT2D eigenvalue weighted by Gasteiger charge is -2.22. The third-order valence-electron chi connectivity index (χ3n) is 3.21. The molecule has 16 heavy (non-hydrogen) atoms. The predicted octanol–water partition coefficient (Wildman–Crippen LogP) is 0.668. The van der Waals surface area contributed by atoms with Crippen molar-refractivity contribution in [2.45, 2.75) is 38.6 Å². The minimum atomic E-state index is 0.243. The Balaban J connectivity index is 2.17. The van der Waals surface area contributed by atoms with E-state index in [0.29, 0.717) is 13.0 Å². The highest BCUT2D eigenvalue weighted by Crippen LogP contribution is 2.26. The molecule has 0 unspecified atom stereocenters. The van der Waals surface area contributed by atoms with Crippen LogP contribution in [0.4, 0.5) is 0 Å². The van der Waals surface area contributed by atoms with Gasteiger partial charge in [0.25, 0.3) is 0 Å². The summed E-state index contributed by atoms with van der Waals surface area (Å²) in [5.41, 5.74) is 5.42. The molecule has 94 valence electrons. The van der Waals surface area contributed by atoms with Gasteiger partial charge >= 0.3 is 0 Å². The number of carbonyl (C=O) groups excluding carboxylic acids is 1. The second kappa shape index (κ2) is 6.86. The number of hydrogen-bond acceptors (Lipinski definition) is 3. The summed E-state index contributed by atoms with van der Waals surface area (Å²) in [5.74, 6) is 0.243. The molecule has 1 aliphatic carbocycles. The Labute approximate surface area is 98.8 Å². The SMILES string of the molecule is CCN(CCC(=O)N(C)CCCN)C1CC1. The van der Waals surface area contributed by atoms with Gasteiger partial charge in [0.2, 0.25) is 5.91 Å². The minimum Gasteiger partial charge on any atom is -0.346 e. The first-order valence-electron chi connectivity index (χ1n) is 6.37. The fourth-order valence-electron chi connectivity index (χ4n) is 1.92. The van der Waals surface area contributed by atoms with E-state index in [1.165, 1.54) is 12.8 Å². The van der Waals surface area contributed by atoms with E-state index in [2.05, 4.69) is 11.8 Å². The summed E-state index contributed by atoms with van der Waals surface area (Å²) in [6.45, 7) is 5.57. The maximum Gasteiger partial charge on any atom is 0.223 e. The van der Waals surface area contributed by atoms with Gasteiger partial charge in [0.15, 0.2) is 0 Å². The second-order valence-electron chi connectivity index (χ2n) is 4.57. The van der Waals surface area contributed by atoms with Crippen LogP contribution < -0.4 is 5.73 Å². The lowest BCUT2D eigenvalue weighted by atomic mass is 10.3. The summed E-state index contributed by atoms with van der Waals surface area (Å²) in [5, 5.41) is 0. The molecule has 1 fully saturated rings. The Bertz CT molecular complexity index is 216. The molecule has 0 atom stereocenters. The normalized spacial score (nSPS) is 15.5. The van der Waals surface area contributed by atoms with Crippen molar-refractivity contribution in [1.82, 2.24) is 9.80 Å². The molecule has 1 aliphatic rings. The van der Waals surface area contributed by atoms with Crippen LogP contribution in [-0.4, -0.2) is 55.0 Å². The second-order valence-corrected chi connectivity index (χ2v) is 4.57. The van der Waals surface area contributed by atoms with Gasteiger partial charge in [-0.15, -0.1) is 0 Å². The smallest absolute Gasteiger partial charge is 0.223 e. The van der Waals surface area contributed by atoms with E-state index in [-0.39, 0.29) is 5.91 Å². The molecule has 4 nitrogen and oxygen atoms in total. The molecular weight excluding hydrogens is 202 g/mol. The molecule has 0 aromatic carbocycles. The molecule has 2 N–H and O–H groups in total. The molecule has 0 aliphatic heterocycles. The van der Waals surface area contributed by atoms with Gasteiger partial charge in [-0.1, -0.05) is 6.92 Å². The van der Waals surface area contributed by atoms with E-state index >= 15 is 0 Å². The molecule has 4 heteroatoms. The van der Waals surface area contributed by atoms with Gasteiger partial charge in [-0.05, 0) is 32.4 Å². The molecule has 0 heterocycles. The van der Waals surface area contributed by atoms with E-state index in [4.69, 9.17) is 5.73 Å². The monoisotopic (exact) mass is 227 g/mol. The molecule has 1 amide bonds. The molecule has 0 radical (unpaired) electrons. The Morgan fingerprint density at radius 1 is 1.38 bits per heavy atom. The minimum absolute atomic E-state index is 0.243. The summed E-state index contributed by atoms with van der Waals surface area (Å²) in [6, 6.07) is 0.757. The zero-order chi connectivity index (χ0) is 12.0. The lowest BCUT2D eigenvalue weighted by molar-refractivity contribution is -0.130. The standard InChI is InChI=1S/C12H25N3O/c1-3-15(11-5-6-11)10-7-12(16)14(2)9-4-8-13/h11H,3-10,13H2,1-2H3. The number of rotatable bonds is 8. The summed E-state index contributed by atoms with van der Waals surface area (Å²) in [4.78, 5) is 16.0. The van der Waals surface area contributed by atoms with Crippen LogP contribution in [0.15, 0.2) is 0 Å². The number of hydrogen-bond donors (Lipinski definition) is 1. The number of amides is 1. The van der Waals surface area contributed by atoms with Gasteiger partial charge < -0.3 is 15.5 Å². The average Bonchev–Trinajstić information content (AvgIpc) is 3.10. The third kappa shape index (κ3) is 4.49. The van der Waals surface area contributed by atoms with Gasteiger partial charge in [0, 0.05) is 32.6 Å². The van der Waals surface area contributed by atoms with E-state index in [0.717, 1.165) is 32.1 Å². The van der Waals surface area contributed by atoms with Crippen LogP contribution >= 0.6 is 0 Å². The average molecular weight is 227 g/mol. The fraction of sp³-hybridized carbons (Fsp3) is 0.917. The Morgan fingerprint density at radius 2 is 2.06 bits per heavy atom. The van der Waals surface area contributed by atoms with Crippen molar-refractivity contribution in [3.63, 3.8) is 0 Å². The molecule has 0 spiro atoms. The van der Waals surface area contributed by atoms with Crippen molar-refractivity contribution in [2.24, 2.45) is 5.73 Å². The molecule has 0 aromatic heterocycles. The molecule has 1 rings (SSSR count). The number of nitrogens with two attached hydrogens (primary N) is 1. The van der Waals surface area contributed by atoms with E-state index in [9.17, 15) is 4.79 Å². The van der Waals surface area contributed by atoms with Crippen LogP contribution in [0.25, 0.3) is 0 Å². The number of carbonyl (C=O) groups is 1. The van der Waals surface area contributed by atoms with E-state index < -0.39 is 0 Å². The zero-order valence-electron chi connectivity index (χ0n) is 10.6. The van der Waals surface area contributed by atoms with Gasteiger partial charge in [0.05, 0.1) is 0 Å². The van der Waals surface area contributed by atoms with Crippen molar-refractivity contribution in [3.8, 4) is 0 Å². The maximum atomic E-state index is 11.8. The highest BCUT2D eigenvalue weighted by atomic mass is 16.2. The zero-order valence-corrected chi connectivity index (χ0v) is 10.6. The van der Waals surface area contributed by atoms with Gasteiger partial charge in [-0.3, -0.25) is 4.79 Å².